The number of rotatable bonds is 7. The van der Waals surface area contributed by atoms with Crippen LogP contribution in [-0.2, 0) is 11.3 Å². The summed E-state index contributed by atoms with van der Waals surface area (Å²) < 4.78 is 17.4. The number of hydrogen-bond acceptors (Lipinski definition) is 5. The smallest absolute Gasteiger partial charge is 0.342 e. The van der Waals surface area contributed by atoms with E-state index in [4.69, 9.17) is 14.2 Å². The lowest BCUT2D eigenvalue weighted by atomic mass is 10.2. The number of fused-ring (bicyclic) bond motifs is 1. The number of aryl methyl sites for hydroxylation is 1. The third-order valence-electron chi connectivity index (χ3n) is 4.06. The van der Waals surface area contributed by atoms with E-state index in [1.807, 2.05) is 24.3 Å². The summed E-state index contributed by atoms with van der Waals surface area (Å²) in [6, 6.07) is 12.5. The van der Waals surface area contributed by atoms with E-state index in [-0.39, 0.29) is 12.3 Å². The zero-order valence-corrected chi connectivity index (χ0v) is 14.7. The number of benzene rings is 2. The molecule has 0 fully saturated rings. The molecule has 1 aromatic heterocycles. The van der Waals surface area contributed by atoms with Crippen LogP contribution in [0.4, 0.5) is 0 Å². The van der Waals surface area contributed by atoms with Crippen molar-refractivity contribution < 1.29 is 19.0 Å². The molecular formula is C19H20N2O5. The van der Waals surface area contributed by atoms with Gasteiger partial charge in [0.2, 0.25) is 0 Å². The van der Waals surface area contributed by atoms with E-state index in [1.165, 1.54) is 14.2 Å². The number of hydrogen-bond donors (Lipinski definition) is 1. The Labute approximate surface area is 150 Å². The van der Waals surface area contributed by atoms with Crippen LogP contribution in [0.5, 0.6) is 11.5 Å². The summed E-state index contributed by atoms with van der Waals surface area (Å²) >= 11 is 0. The second-order valence-corrected chi connectivity index (χ2v) is 5.63. The molecular weight excluding hydrogens is 336 g/mol. The van der Waals surface area contributed by atoms with Gasteiger partial charge < -0.3 is 19.2 Å². The normalized spacial score (nSPS) is 10.7. The number of nitrogens with one attached hydrogen (secondary N) is 1. The molecule has 0 aliphatic carbocycles. The van der Waals surface area contributed by atoms with Crippen LogP contribution in [0.25, 0.3) is 11.0 Å². The number of aromatic amines is 1. The number of aromatic nitrogens is 2. The van der Waals surface area contributed by atoms with Gasteiger partial charge in [0.05, 0.1) is 31.9 Å². The molecule has 26 heavy (non-hydrogen) atoms. The van der Waals surface area contributed by atoms with E-state index < -0.39 is 5.97 Å². The van der Waals surface area contributed by atoms with Crippen LogP contribution >= 0.6 is 0 Å². The first-order valence-electron chi connectivity index (χ1n) is 8.21. The average Bonchev–Trinajstić information content (AvgIpc) is 2.99. The summed E-state index contributed by atoms with van der Waals surface area (Å²) in [5.41, 5.74) is 1.75. The summed E-state index contributed by atoms with van der Waals surface area (Å²) in [5, 5.41) is 0. The van der Waals surface area contributed by atoms with Crippen molar-refractivity contribution in [2.75, 3.05) is 20.8 Å². The number of ether oxygens (including phenoxy) is 3. The van der Waals surface area contributed by atoms with Gasteiger partial charge in [-0.1, -0.05) is 18.2 Å². The van der Waals surface area contributed by atoms with Gasteiger partial charge in [-0.25, -0.2) is 9.59 Å². The molecule has 0 saturated heterocycles. The molecule has 136 valence electrons. The van der Waals surface area contributed by atoms with E-state index >= 15 is 0 Å². The first-order chi connectivity index (χ1) is 12.7. The van der Waals surface area contributed by atoms with Gasteiger partial charge in [-0.15, -0.1) is 0 Å². The molecule has 0 unspecified atom stereocenters. The van der Waals surface area contributed by atoms with E-state index in [2.05, 4.69) is 4.98 Å². The minimum absolute atomic E-state index is 0.174. The Hall–Kier alpha value is -3.22. The van der Waals surface area contributed by atoms with Gasteiger partial charge in [-0.3, -0.25) is 4.57 Å². The molecule has 3 aromatic rings. The first-order valence-corrected chi connectivity index (χ1v) is 8.21. The highest BCUT2D eigenvalue weighted by atomic mass is 16.5. The number of nitrogens with zero attached hydrogens (tertiary/aromatic N) is 1. The first kappa shape index (κ1) is 17.6. The second-order valence-electron chi connectivity index (χ2n) is 5.63. The third kappa shape index (κ3) is 3.42. The quantitative estimate of drug-likeness (QED) is 0.520. The number of imidazole rings is 1. The van der Waals surface area contributed by atoms with E-state index in [1.54, 1.807) is 22.8 Å². The van der Waals surface area contributed by atoms with Crippen LogP contribution in [0.1, 0.15) is 16.8 Å². The van der Waals surface area contributed by atoms with Crippen molar-refractivity contribution in [2.45, 2.75) is 13.0 Å². The maximum atomic E-state index is 12.3. The van der Waals surface area contributed by atoms with E-state index in [9.17, 15) is 9.59 Å². The van der Waals surface area contributed by atoms with Crippen LogP contribution in [0.15, 0.2) is 47.3 Å². The predicted octanol–water partition coefficient (Wildman–Crippen LogP) is 2.59. The Bertz CT molecular complexity index is 973. The highest BCUT2D eigenvalue weighted by molar-refractivity contribution is 5.93. The van der Waals surface area contributed by atoms with E-state index in [0.717, 1.165) is 11.0 Å². The van der Waals surface area contributed by atoms with Crippen LogP contribution in [0, 0.1) is 0 Å². The number of H-pyrrole nitrogens is 1. The molecule has 0 bridgehead atoms. The Kier molecular flexibility index (Phi) is 5.26. The molecule has 7 nitrogen and oxygen atoms in total. The lowest BCUT2D eigenvalue weighted by Crippen LogP contribution is -2.18. The Morgan fingerprint density at radius 2 is 1.88 bits per heavy atom. The fourth-order valence-corrected chi connectivity index (χ4v) is 2.84. The lowest BCUT2D eigenvalue weighted by molar-refractivity contribution is 0.0492. The predicted molar refractivity (Wildman–Crippen MR) is 97.0 cm³/mol. The number of esters is 1. The van der Waals surface area contributed by atoms with Gasteiger partial charge in [0, 0.05) is 6.54 Å². The maximum Gasteiger partial charge on any atom is 0.342 e. The summed E-state index contributed by atoms with van der Waals surface area (Å²) in [6.07, 6.45) is 0.514. The van der Waals surface area contributed by atoms with Gasteiger partial charge in [0.15, 0.2) is 11.5 Å². The SMILES string of the molecule is COc1cccc(C(=O)OCCCn2c(=O)[nH]c3ccccc32)c1OC. The van der Waals surface area contributed by atoms with Gasteiger partial charge >= 0.3 is 11.7 Å². The molecule has 7 heteroatoms. The molecule has 2 aromatic carbocycles. The molecule has 1 heterocycles. The Balaban J connectivity index is 1.63. The number of methoxy groups -OCH3 is 2. The average molecular weight is 356 g/mol. The lowest BCUT2D eigenvalue weighted by Gasteiger charge is -2.12. The minimum Gasteiger partial charge on any atom is -0.493 e. The van der Waals surface area contributed by atoms with Crippen molar-refractivity contribution in [1.82, 2.24) is 9.55 Å². The monoisotopic (exact) mass is 356 g/mol. The van der Waals surface area contributed by atoms with Crippen molar-refractivity contribution >= 4 is 17.0 Å². The largest absolute Gasteiger partial charge is 0.493 e. The van der Waals surface area contributed by atoms with Gasteiger partial charge in [-0.05, 0) is 30.7 Å². The van der Waals surface area contributed by atoms with Crippen molar-refractivity contribution in [3.8, 4) is 11.5 Å². The molecule has 0 radical (unpaired) electrons. The molecule has 0 aliphatic rings. The second kappa shape index (κ2) is 7.77. The van der Waals surface area contributed by atoms with Crippen molar-refractivity contribution in [2.24, 2.45) is 0 Å². The molecule has 0 spiro atoms. The van der Waals surface area contributed by atoms with Crippen LogP contribution < -0.4 is 15.2 Å². The number of para-hydroxylation sites is 3. The van der Waals surface area contributed by atoms with Crippen LogP contribution in [-0.4, -0.2) is 36.3 Å². The topological polar surface area (TPSA) is 82.5 Å². The van der Waals surface area contributed by atoms with Crippen molar-refractivity contribution in [3.05, 3.63) is 58.5 Å². The van der Waals surface area contributed by atoms with Crippen molar-refractivity contribution in [1.29, 1.82) is 0 Å². The molecule has 0 saturated carbocycles. The zero-order chi connectivity index (χ0) is 18.5. The third-order valence-corrected chi connectivity index (χ3v) is 4.06. The molecule has 1 N–H and O–H groups in total. The maximum absolute atomic E-state index is 12.3. The van der Waals surface area contributed by atoms with Gasteiger partial charge in [0.25, 0.3) is 0 Å². The Morgan fingerprint density at radius 3 is 2.65 bits per heavy atom. The standard InChI is InChI=1S/C19H20N2O5/c1-24-16-10-5-7-13(17(16)25-2)18(22)26-12-6-11-21-15-9-4-3-8-14(15)20-19(21)23/h3-5,7-10H,6,11-12H2,1-2H3,(H,20,23). The van der Waals surface area contributed by atoms with E-state index in [0.29, 0.717) is 30.0 Å². The fraction of sp³-hybridized carbons (Fsp3) is 0.263. The number of carbonyl (C=O) groups excluding carboxylic acids is 1. The number of carbonyl (C=O) groups is 1. The summed E-state index contributed by atoms with van der Waals surface area (Å²) in [4.78, 5) is 27.1. The van der Waals surface area contributed by atoms with Crippen LogP contribution in [0.3, 0.4) is 0 Å². The minimum atomic E-state index is -0.493. The molecule has 0 amide bonds. The molecule has 0 aliphatic heterocycles. The highest BCUT2D eigenvalue weighted by Gasteiger charge is 2.17. The Morgan fingerprint density at radius 1 is 1.08 bits per heavy atom. The molecule has 0 atom stereocenters. The summed E-state index contributed by atoms with van der Waals surface area (Å²) in [5.74, 6) is 0.312. The zero-order valence-electron chi connectivity index (χ0n) is 14.7. The summed E-state index contributed by atoms with van der Waals surface area (Å²) in [7, 11) is 2.98. The van der Waals surface area contributed by atoms with Gasteiger partial charge in [0.1, 0.15) is 5.56 Å². The van der Waals surface area contributed by atoms with Gasteiger partial charge in [-0.2, -0.15) is 0 Å². The van der Waals surface area contributed by atoms with Crippen LogP contribution in [0.2, 0.25) is 0 Å². The fourth-order valence-electron chi connectivity index (χ4n) is 2.84. The molecule has 3 rings (SSSR count). The van der Waals surface area contributed by atoms with Crippen molar-refractivity contribution in [3.63, 3.8) is 0 Å². The summed E-state index contributed by atoms with van der Waals surface area (Å²) in [6.45, 7) is 0.635. The highest BCUT2D eigenvalue weighted by Crippen LogP contribution is 2.31.